The Morgan fingerprint density at radius 2 is 1.77 bits per heavy atom. The number of hydrogen-bond acceptors (Lipinski definition) is 1. The first-order valence-corrected chi connectivity index (χ1v) is 7.62. The van der Waals surface area contributed by atoms with E-state index in [-0.39, 0.29) is 6.04 Å². The second-order valence-electron chi connectivity index (χ2n) is 5.81. The summed E-state index contributed by atoms with van der Waals surface area (Å²) in [6.07, 6.45) is 8.38. The highest BCUT2D eigenvalue weighted by atomic mass is 14.9. The van der Waals surface area contributed by atoms with E-state index in [9.17, 15) is 0 Å². The van der Waals surface area contributed by atoms with Crippen LogP contribution >= 0.6 is 0 Å². The Kier molecular flexibility index (Phi) is 3.97. The molecule has 0 aliphatic carbocycles. The van der Waals surface area contributed by atoms with Gasteiger partial charge in [-0.05, 0) is 54.5 Å². The van der Waals surface area contributed by atoms with Crippen LogP contribution in [0, 0.1) is 13.8 Å². The first kappa shape index (κ1) is 14.4. The topological polar surface area (TPSA) is 12.0 Å². The molecular weight excluding hydrogens is 266 g/mol. The maximum atomic E-state index is 3.92. The molecule has 0 fully saturated rings. The third-order valence-corrected chi connectivity index (χ3v) is 3.99. The number of hydrogen-bond donors (Lipinski definition) is 1. The van der Waals surface area contributed by atoms with E-state index in [1.165, 1.54) is 33.4 Å². The van der Waals surface area contributed by atoms with Gasteiger partial charge in [-0.1, -0.05) is 66.2 Å². The zero-order chi connectivity index (χ0) is 15.5. The molecule has 2 aromatic carbocycles. The standard InChI is InChI=1S/C21H21N/c1-4-17-7-5-6-8-20(17)21-14-18(9-10-22-21)19-12-15(2)11-16(3)13-19/h4-14,21-22H,1H2,2-3H3. The Balaban J connectivity index is 2.01. The SMILES string of the molecule is C=Cc1ccccc1C1C=C(c2cc(C)cc(C)c2)C=CN1. The molecule has 0 amide bonds. The number of allylic oxidation sites excluding steroid dienone is 2. The van der Waals surface area contributed by atoms with Crippen LogP contribution in [0.3, 0.4) is 0 Å². The average molecular weight is 287 g/mol. The fourth-order valence-electron chi connectivity index (χ4n) is 3.02. The molecule has 1 heteroatoms. The molecule has 1 N–H and O–H groups in total. The van der Waals surface area contributed by atoms with Gasteiger partial charge in [0.25, 0.3) is 0 Å². The van der Waals surface area contributed by atoms with Gasteiger partial charge in [0, 0.05) is 0 Å². The minimum absolute atomic E-state index is 0.176. The molecular formula is C21H21N. The lowest BCUT2D eigenvalue weighted by atomic mass is 9.93. The fourth-order valence-corrected chi connectivity index (χ4v) is 3.02. The van der Waals surface area contributed by atoms with E-state index in [4.69, 9.17) is 0 Å². The van der Waals surface area contributed by atoms with Crippen molar-refractivity contribution < 1.29 is 0 Å². The molecule has 3 rings (SSSR count). The van der Waals surface area contributed by atoms with Crippen molar-refractivity contribution in [3.8, 4) is 0 Å². The summed E-state index contributed by atoms with van der Waals surface area (Å²) in [6, 6.07) is 15.3. The predicted octanol–water partition coefficient (Wildman–Crippen LogP) is 5.19. The maximum absolute atomic E-state index is 3.92. The van der Waals surface area contributed by atoms with Gasteiger partial charge in [0.2, 0.25) is 0 Å². The molecule has 1 nitrogen and oxygen atoms in total. The van der Waals surface area contributed by atoms with Crippen LogP contribution in [0.5, 0.6) is 0 Å². The molecule has 0 bridgehead atoms. The van der Waals surface area contributed by atoms with Crippen LogP contribution in [0.4, 0.5) is 0 Å². The summed E-state index contributed by atoms with van der Waals surface area (Å²) in [5, 5.41) is 3.43. The molecule has 1 heterocycles. The summed E-state index contributed by atoms with van der Waals surface area (Å²) in [5.41, 5.74) is 7.55. The molecule has 22 heavy (non-hydrogen) atoms. The molecule has 0 spiro atoms. The molecule has 1 aliphatic heterocycles. The van der Waals surface area contributed by atoms with Crippen LogP contribution in [0.25, 0.3) is 11.6 Å². The van der Waals surface area contributed by atoms with Gasteiger partial charge in [-0.2, -0.15) is 0 Å². The van der Waals surface area contributed by atoms with Crippen molar-refractivity contribution >= 4 is 11.6 Å². The second-order valence-corrected chi connectivity index (χ2v) is 5.81. The van der Waals surface area contributed by atoms with Gasteiger partial charge >= 0.3 is 0 Å². The molecule has 1 aliphatic rings. The van der Waals surface area contributed by atoms with Crippen molar-refractivity contribution in [1.29, 1.82) is 0 Å². The van der Waals surface area contributed by atoms with Crippen molar-refractivity contribution in [3.05, 3.63) is 95.2 Å². The summed E-state index contributed by atoms with van der Waals surface area (Å²) >= 11 is 0. The summed E-state index contributed by atoms with van der Waals surface area (Å²) in [6.45, 7) is 8.21. The molecule has 0 aromatic heterocycles. The van der Waals surface area contributed by atoms with Gasteiger partial charge in [0.15, 0.2) is 0 Å². The van der Waals surface area contributed by atoms with Crippen LogP contribution in [0.2, 0.25) is 0 Å². The second kappa shape index (κ2) is 6.07. The van der Waals surface area contributed by atoms with Crippen LogP contribution in [0.1, 0.15) is 33.9 Å². The Hall–Kier alpha value is -2.54. The van der Waals surface area contributed by atoms with Crippen molar-refractivity contribution in [2.45, 2.75) is 19.9 Å². The molecule has 0 saturated carbocycles. The van der Waals surface area contributed by atoms with Crippen LogP contribution in [-0.2, 0) is 0 Å². The molecule has 110 valence electrons. The molecule has 2 aromatic rings. The number of dihydropyridines is 1. The molecule has 1 unspecified atom stereocenters. The highest BCUT2D eigenvalue weighted by molar-refractivity contribution is 5.76. The third-order valence-electron chi connectivity index (χ3n) is 3.99. The third kappa shape index (κ3) is 2.89. The first-order valence-electron chi connectivity index (χ1n) is 7.62. The monoisotopic (exact) mass is 287 g/mol. The van der Waals surface area contributed by atoms with E-state index in [2.05, 4.69) is 74.3 Å². The normalized spacial score (nSPS) is 16.8. The van der Waals surface area contributed by atoms with Crippen molar-refractivity contribution in [2.24, 2.45) is 0 Å². The summed E-state index contributed by atoms with van der Waals surface area (Å²) in [5.74, 6) is 0. The van der Waals surface area contributed by atoms with Crippen molar-refractivity contribution in [3.63, 3.8) is 0 Å². The summed E-state index contributed by atoms with van der Waals surface area (Å²) in [4.78, 5) is 0. The highest BCUT2D eigenvalue weighted by Crippen LogP contribution is 2.29. The van der Waals surface area contributed by atoms with Gasteiger partial charge in [0.1, 0.15) is 0 Å². The lowest BCUT2D eigenvalue weighted by Gasteiger charge is -2.21. The van der Waals surface area contributed by atoms with E-state index >= 15 is 0 Å². The van der Waals surface area contributed by atoms with E-state index in [1.807, 2.05) is 18.3 Å². The van der Waals surface area contributed by atoms with Gasteiger partial charge in [-0.3, -0.25) is 0 Å². The van der Waals surface area contributed by atoms with Crippen LogP contribution in [0.15, 0.2) is 67.4 Å². The Morgan fingerprint density at radius 1 is 1.05 bits per heavy atom. The van der Waals surface area contributed by atoms with Crippen LogP contribution in [-0.4, -0.2) is 0 Å². The number of rotatable bonds is 3. The van der Waals surface area contributed by atoms with Crippen molar-refractivity contribution in [1.82, 2.24) is 5.32 Å². The molecule has 0 radical (unpaired) electrons. The Labute approximate surface area is 132 Å². The van der Waals surface area contributed by atoms with Gasteiger partial charge in [-0.25, -0.2) is 0 Å². The molecule has 0 saturated heterocycles. The Bertz CT molecular complexity index is 745. The smallest absolute Gasteiger partial charge is 0.0707 e. The van der Waals surface area contributed by atoms with Crippen LogP contribution < -0.4 is 5.32 Å². The van der Waals surface area contributed by atoms with Gasteiger partial charge in [0.05, 0.1) is 6.04 Å². The lowest BCUT2D eigenvalue weighted by molar-refractivity contribution is 0.748. The number of aryl methyl sites for hydroxylation is 2. The van der Waals surface area contributed by atoms with Gasteiger partial charge < -0.3 is 5.32 Å². The zero-order valence-electron chi connectivity index (χ0n) is 13.1. The number of benzene rings is 2. The first-order chi connectivity index (χ1) is 10.7. The largest absolute Gasteiger partial charge is 0.381 e. The summed E-state index contributed by atoms with van der Waals surface area (Å²) in [7, 11) is 0. The van der Waals surface area contributed by atoms with Crippen molar-refractivity contribution in [2.75, 3.05) is 0 Å². The van der Waals surface area contributed by atoms with E-state index in [0.717, 1.165) is 0 Å². The van der Waals surface area contributed by atoms with E-state index in [0.29, 0.717) is 0 Å². The zero-order valence-corrected chi connectivity index (χ0v) is 13.1. The average Bonchev–Trinajstić information content (AvgIpc) is 2.54. The summed E-state index contributed by atoms with van der Waals surface area (Å²) < 4.78 is 0. The maximum Gasteiger partial charge on any atom is 0.0707 e. The highest BCUT2D eigenvalue weighted by Gasteiger charge is 2.14. The minimum Gasteiger partial charge on any atom is -0.381 e. The predicted molar refractivity (Wildman–Crippen MR) is 95.4 cm³/mol. The van der Waals surface area contributed by atoms with E-state index in [1.54, 1.807) is 0 Å². The lowest BCUT2D eigenvalue weighted by Crippen LogP contribution is -2.17. The number of nitrogens with one attached hydrogen (secondary N) is 1. The van der Waals surface area contributed by atoms with E-state index < -0.39 is 0 Å². The van der Waals surface area contributed by atoms with Gasteiger partial charge in [-0.15, -0.1) is 0 Å². The fraction of sp³-hybridized carbons (Fsp3) is 0.143. The quantitative estimate of drug-likeness (QED) is 0.819. The Morgan fingerprint density at radius 3 is 2.50 bits per heavy atom. The molecule has 1 atom stereocenters. The minimum atomic E-state index is 0.176.